The van der Waals surface area contributed by atoms with E-state index in [4.69, 9.17) is 10.9 Å². The average Bonchev–Trinajstić information content (AvgIpc) is 2.49. The van der Waals surface area contributed by atoms with Crippen LogP contribution in [0.15, 0.2) is 30.3 Å². The summed E-state index contributed by atoms with van der Waals surface area (Å²) in [4.78, 5) is 23.8. The standard InChI is InChI=1S/C16H23N3O3/c1-4-5-6-11-7-9-12(10-8-11)14(20)18-13(15(21)19-22)16(2,3)17/h5-10,13,22H,4,17H2,1-3H3,(H,18,20)(H,19,21)/b6-5+/t13-/m1/s1. The minimum absolute atomic E-state index is 0.411. The zero-order valence-electron chi connectivity index (χ0n) is 13.1. The molecule has 0 aromatic heterocycles. The van der Waals surface area contributed by atoms with E-state index in [1.165, 1.54) is 5.48 Å². The lowest BCUT2D eigenvalue weighted by atomic mass is 9.95. The van der Waals surface area contributed by atoms with Crippen LogP contribution in [0.4, 0.5) is 0 Å². The fourth-order valence-electron chi connectivity index (χ4n) is 1.87. The number of carbonyl (C=O) groups excluding carboxylic acids is 2. The maximum absolute atomic E-state index is 12.2. The summed E-state index contributed by atoms with van der Waals surface area (Å²) < 4.78 is 0. The van der Waals surface area contributed by atoms with Crippen molar-refractivity contribution in [1.29, 1.82) is 0 Å². The summed E-state index contributed by atoms with van der Waals surface area (Å²) in [5, 5.41) is 11.3. The molecule has 0 bridgehead atoms. The van der Waals surface area contributed by atoms with Gasteiger partial charge in [0.2, 0.25) is 0 Å². The van der Waals surface area contributed by atoms with Crippen LogP contribution in [0, 0.1) is 0 Å². The lowest BCUT2D eigenvalue weighted by molar-refractivity contribution is -0.132. The Morgan fingerprint density at radius 1 is 1.32 bits per heavy atom. The number of nitrogens with two attached hydrogens (primary N) is 1. The van der Waals surface area contributed by atoms with Crippen molar-refractivity contribution in [2.24, 2.45) is 5.73 Å². The lowest BCUT2D eigenvalue weighted by Gasteiger charge is -2.29. The van der Waals surface area contributed by atoms with Crippen LogP contribution in [-0.4, -0.2) is 28.6 Å². The summed E-state index contributed by atoms with van der Waals surface area (Å²) in [6.07, 6.45) is 4.92. The third kappa shape index (κ3) is 4.98. The van der Waals surface area contributed by atoms with Crippen LogP contribution in [-0.2, 0) is 4.79 Å². The van der Waals surface area contributed by atoms with Crippen LogP contribution in [0.2, 0.25) is 0 Å². The topological polar surface area (TPSA) is 104 Å². The number of hydroxylamine groups is 1. The van der Waals surface area contributed by atoms with Gasteiger partial charge < -0.3 is 11.1 Å². The summed E-state index contributed by atoms with van der Waals surface area (Å²) in [6, 6.07) is 5.92. The van der Waals surface area contributed by atoms with Gasteiger partial charge in [0.15, 0.2) is 0 Å². The molecular formula is C16H23N3O3. The van der Waals surface area contributed by atoms with Gasteiger partial charge >= 0.3 is 0 Å². The number of amides is 2. The van der Waals surface area contributed by atoms with E-state index < -0.39 is 23.4 Å². The van der Waals surface area contributed by atoms with Crippen LogP contribution in [0.25, 0.3) is 6.08 Å². The van der Waals surface area contributed by atoms with Gasteiger partial charge in [0.1, 0.15) is 6.04 Å². The molecule has 0 unspecified atom stereocenters. The Morgan fingerprint density at radius 2 is 1.91 bits per heavy atom. The van der Waals surface area contributed by atoms with Crippen LogP contribution in [0.3, 0.4) is 0 Å². The monoisotopic (exact) mass is 305 g/mol. The van der Waals surface area contributed by atoms with Crippen LogP contribution in [0.5, 0.6) is 0 Å². The number of hydrogen-bond donors (Lipinski definition) is 4. The molecule has 1 atom stereocenters. The van der Waals surface area contributed by atoms with Gasteiger partial charge in [0.25, 0.3) is 11.8 Å². The molecule has 0 heterocycles. The molecule has 0 aliphatic rings. The van der Waals surface area contributed by atoms with Crippen molar-refractivity contribution >= 4 is 17.9 Å². The van der Waals surface area contributed by atoms with Crippen molar-refractivity contribution in [3.8, 4) is 0 Å². The van der Waals surface area contributed by atoms with E-state index in [9.17, 15) is 9.59 Å². The highest BCUT2D eigenvalue weighted by Crippen LogP contribution is 2.10. The SMILES string of the molecule is CC/C=C/c1ccc(C(=O)N[C@H](C(=O)NO)C(C)(C)N)cc1. The van der Waals surface area contributed by atoms with E-state index in [2.05, 4.69) is 5.32 Å². The molecule has 1 aromatic carbocycles. The molecule has 0 radical (unpaired) electrons. The third-order valence-corrected chi connectivity index (χ3v) is 3.11. The van der Waals surface area contributed by atoms with Crippen LogP contribution >= 0.6 is 0 Å². The van der Waals surface area contributed by atoms with Gasteiger partial charge in [-0.05, 0) is 38.0 Å². The van der Waals surface area contributed by atoms with Crippen molar-refractivity contribution in [2.45, 2.75) is 38.8 Å². The van der Waals surface area contributed by atoms with Crippen molar-refractivity contribution < 1.29 is 14.8 Å². The normalized spacial score (nSPS) is 13.0. The highest BCUT2D eigenvalue weighted by Gasteiger charge is 2.33. The van der Waals surface area contributed by atoms with E-state index in [1.807, 2.05) is 31.2 Å². The largest absolute Gasteiger partial charge is 0.338 e. The van der Waals surface area contributed by atoms with Gasteiger partial charge in [-0.3, -0.25) is 14.8 Å². The Hall–Kier alpha value is -2.18. The lowest BCUT2D eigenvalue weighted by Crippen LogP contribution is -2.61. The highest BCUT2D eigenvalue weighted by atomic mass is 16.5. The molecule has 0 aliphatic carbocycles. The van der Waals surface area contributed by atoms with Gasteiger partial charge in [-0.15, -0.1) is 0 Å². The molecule has 120 valence electrons. The third-order valence-electron chi connectivity index (χ3n) is 3.11. The predicted molar refractivity (Wildman–Crippen MR) is 85.2 cm³/mol. The second-order valence-corrected chi connectivity index (χ2v) is 5.64. The van der Waals surface area contributed by atoms with Crippen molar-refractivity contribution in [3.05, 3.63) is 41.5 Å². The molecule has 22 heavy (non-hydrogen) atoms. The van der Waals surface area contributed by atoms with Gasteiger partial charge in [-0.1, -0.05) is 31.2 Å². The number of nitrogens with one attached hydrogen (secondary N) is 2. The summed E-state index contributed by atoms with van der Waals surface area (Å²) in [5.74, 6) is -1.19. The molecule has 6 heteroatoms. The fourth-order valence-corrected chi connectivity index (χ4v) is 1.87. The first-order chi connectivity index (χ1) is 10.3. The number of rotatable bonds is 6. The number of allylic oxidation sites excluding steroid dienone is 1. The maximum Gasteiger partial charge on any atom is 0.267 e. The zero-order chi connectivity index (χ0) is 16.8. The van der Waals surface area contributed by atoms with Gasteiger partial charge in [0.05, 0.1) is 0 Å². The van der Waals surface area contributed by atoms with E-state index in [0.717, 1.165) is 12.0 Å². The minimum Gasteiger partial charge on any atom is -0.338 e. The second-order valence-electron chi connectivity index (χ2n) is 5.64. The zero-order valence-corrected chi connectivity index (χ0v) is 13.1. The van der Waals surface area contributed by atoms with Gasteiger partial charge in [0, 0.05) is 11.1 Å². The number of benzene rings is 1. The highest BCUT2D eigenvalue weighted by molar-refractivity contribution is 5.98. The summed E-state index contributed by atoms with van der Waals surface area (Å²) in [5.41, 5.74) is 7.76. The fraction of sp³-hybridized carbons (Fsp3) is 0.375. The van der Waals surface area contributed by atoms with Crippen molar-refractivity contribution in [2.75, 3.05) is 0 Å². The Balaban J connectivity index is 2.86. The number of hydrogen-bond acceptors (Lipinski definition) is 4. The maximum atomic E-state index is 12.2. The molecule has 0 aliphatic heterocycles. The molecule has 0 saturated carbocycles. The van der Waals surface area contributed by atoms with E-state index in [0.29, 0.717) is 5.56 Å². The number of carbonyl (C=O) groups is 2. The van der Waals surface area contributed by atoms with E-state index >= 15 is 0 Å². The Morgan fingerprint density at radius 3 is 2.36 bits per heavy atom. The molecule has 0 fully saturated rings. The van der Waals surface area contributed by atoms with E-state index in [1.54, 1.807) is 26.0 Å². The van der Waals surface area contributed by atoms with E-state index in [-0.39, 0.29) is 0 Å². The molecule has 0 saturated heterocycles. The van der Waals surface area contributed by atoms with Gasteiger partial charge in [-0.25, -0.2) is 5.48 Å². The molecule has 1 rings (SSSR count). The Labute approximate surface area is 130 Å². The molecule has 2 amide bonds. The molecule has 0 spiro atoms. The van der Waals surface area contributed by atoms with Crippen molar-refractivity contribution in [3.63, 3.8) is 0 Å². The summed E-state index contributed by atoms with van der Waals surface area (Å²) in [7, 11) is 0. The summed E-state index contributed by atoms with van der Waals surface area (Å²) in [6.45, 7) is 5.22. The molecule has 6 nitrogen and oxygen atoms in total. The molecule has 5 N–H and O–H groups in total. The Bertz CT molecular complexity index is 545. The Kier molecular flexibility index (Phi) is 6.27. The first kappa shape index (κ1) is 17.9. The molecular weight excluding hydrogens is 282 g/mol. The minimum atomic E-state index is -1.05. The quantitative estimate of drug-likeness (QED) is 0.471. The van der Waals surface area contributed by atoms with Gasteiger partial charge in [-0.2, -0.15) is 0 Å². The predicted octanol–water partition coefficient (Wildman–Crippen LogP) is 1.45. The summed E-state index contributed by atoms with van der Waals surface area (Å²) >= 11 is 0. The smallest absolute Gasteiger partial charge is 0.267 e. The first-order valence-corrected chi connectivity index (χ1v) is 7.10. The first-order valence-electron chi connectivity index (χ1n) is 7.10. The second kappa shape index (κ2) is 7.72. The average molecular weight is 305 g/mol. The van der Waals surface area contributed by atoms with Crippen LogP contribution < -0.4 is 16.5 Å². The molecule has 1 aromatic rings. The van der Waals surface area contributed by atoms with Crippen LogP contribution in [0.1, 0.15) is 43.1 Å². The van der Waals surface area contributed by atoms with Crippen molar-refractivity contribution in [1.82, 2.24) is 10.8 Å².